The molecule has 1 saturated carbocycles. The highest BCUT2D eigenvalue weighted by Gasteiger charge is 2.48. The molecule has 3 N–H and O–H groups in total. The Hall–Kier alpha value is -2.57. The number of amides is 1. The Kier molecular flexibility index (Phi) is 2.41. The number of nitrogens with one attached hydrogen (secondary N) is 2. The van der Waals surface area contributed by atoms with E-state index in [1.165, 1.54) is 0 Å². The zero-order valence-electron chi connectivity index (χ0n) is 9.67. The van der Waals surface area contributed by atoms with Crippen LogP contribution in [-0.4, -0.2) is 22.0 Å². The van der Waals surface area contributed by atoms with Crippen molar-refractivity contribution < 1.29 is 19.1 Å². The molecule has 3 rings (SSSR count). The van der Waals surface area contributed by atoms with Crippen LogP contribution in [0.4, 0.5) is 5.69 Å². The number of carboxylic acids is 1. The summed E-state index contributed by atoms with van der Waals surface area (Å²) < 4.78 is 4.83. The number of fused-ring (bicyclic) bond motifs is 1. The third-order valence-electron chi connectivity index (χ3n) is 3.13. The molecule has 1 aliphatic carbocycles. The van der Waals surface area contributed by atoms with E-state index >= 15 is 0 Å². The summed E-state index contributed by atoms with van der Waals surface area (Å²) in [4.78, 5) is 35.9. The molecule has 1 aromatic heterocycles. The van der Waals surface area contributed by atoms with Gasteiger partial charge < -0.3 is 14.8 Å². The third-order valence-corrected chi connectivity index (χ3v) is 3.13. The summed E-state index contributed by atoms with van der Waals surface area (Å²) in [5.41, 5.74) is 1.37. The SMILES string of the molecule is O=C(O)[C@H]1C[C@H]1C(=O)Nc1ccc2oc(=O)[nH]c2c1. The van der Waals surface area contributed by atoms with E-state index in [-0.39, 0.29) is 5.91 Å². The topological polar surface area (TPSA) is 112 Å². The van der Waals surface area contributed by atoms with E-state index in [2.05, 4.69) is 10.3 Å². The number of aromatic nitrogens is 1. The largest absolute Gasteiger partial charge is 0.481 e. The number of carbonyl (C=O) groups excluding carboxylic acids is 1. The average molecular weight is 262 g/mol. The number of anilines is 1. The van der Waals surface area contributed by atoms with Gasteiger partial charge in [0.05, 0.1) is 17.4 Å². The van der Waals surface area contributed by atoms with E-state index in [0.29, 0.717) is 23.2 Å². The molecule has 0 spiro atoms. The number of carboxylic acid groups (broad SMARTS) is 1. The van der Waals surface area contributed by atoms with Crippen molar-refractivity contribution in [3.63, 3.8) is 0 Å². The highest BCUT2D eigenvalue weighted by molar-refractivity contribution is 5.99. The number of oxazole rings is 1. The van der Waals surface area contributed by atoms with Crippen LogP contribution in [0, 0.1) is 11.8 Å². The van der Waals surface area contributed by atoms with Gasteiger partial charge in [-0.1, -0.05) is 0 Å². The minimum Gasteiger partial charge on any atom is -0.481 e. The monoisotopic (exact) mass is 262 g/mol. The number of H-pyrrole nitrogens is 1. The Balaban J connectivity index is 1.76. The highest BCUT2D eigenvalue weighted by Crippen LogP contribution is 2.39. The molecule has 1 amide bonds. The predicted molar refractivity (Wildman–Crippen MR) is 64.7 cm³/mol. The van der Waals surface area contributed by atoms with E-state index < -0.39 is 23.6 Å². The standard InChI is InChI=1S/C12H10N2O5/c15-10(6-4-7(6)11(16)17)13-5-1-2-9-8(3-5)14-12(18)19-9/h1-3,6-7H,4H2,(H,13,15)(H,14,18)(H,16,17)/t6-,7+/m1/s1. The van der Waals surface area contributed by atoms with Crippen LogP contribution in [0.5, 0.6) is 0 Å². The number of aliphatic carboxylic acids is 1. The lowest BCUT2D eigenvalue weighted by molar-refractivity contribution is -0.139. The van der Waals surface area contributed by atoms with Gasteiger partial charge >= 0.3 is 11.7 Å². The molecule has 0 unspecified atom stereocenters. The lowest BCUT2D eigenvalue weighted by Crippen LogP contribution is -2.16. The first-order valence-corrected chi connectivity index (χ1v) is 5.71. The van der Waals surface area contributed by atoms with E-state index in [9.17, 15) is 14.4 Å². The quantitative estimate of drug-likeness (QED) is 0.756. The van der Waals surface area contributed by atoms with Crippen LogP contribution in [0.3, 0.4) is 0 Å². The fourth-order valence-electron chi connectivity index (χ4n) is 2.02. The molecule has 0 bridgehead atoms. The lowest BCUT2D eigenvalue weighted by Gasteiger charge is -2.03. The van der Waals surface area contributed by atoms with Gasteiger partial charge in [-0.25, -0.2) is 4.79 Å². The molecule has 19 heavy (non-hydrogen) atoms. The maximum atomic E-state index is 11.8. The molecular weight excluding hydrogens is 252 g/mol. The molecule has 7 heteroatoms. The van der Waals surface area contributed by atoms with Crippen LogP contribution in [-0.2, 0) is 9.59 Å². The Morgan fingerprint density at radius 1 is 1.37 bits per heavy atom. The summed E-state index contributed by atoms with van der Waals surface area (Å²) in [7, 11) is 0. The van der Waals surface area contributed by atoms with Crippen molar-refractivity contribution in [1.29, 1.82) is 0 Å². The van der Waals surface area contributed by atoms with Gasteiger partial charge in [-0.05, 0) is 24.6 Å². The fourth-order valence-corrected chi connectivity index (χ4v) is 2.02. The number of hydrogen-bond donors (Lipinski definition) is 3. The Bertz CT molecular complexity index is 729. The lowest BCUT2D eigenvalue weighted by atomic mass is 10.2. The average Bonchev–Trinajstić information content (AvgIpc) is 3.06. The molecule has 7 nitrogen and oxygen atoms in total. The maximum Gasteiger partial charge on any atom is 0.417 e. The van der Waals surface area contributed by atoms with E-state index in [4.69, 9.17) is 9.52 Å². The second kappa shape index (κ2) is 3.98. The number of rotatable bonds is 3. The van der Waals surface area contributed by atoms with Crippen molar-refractivity contribution in [2.24, 2.45) is 11.8 Å². The minimum absolute atomic E-state index is 0.322. The normalized spacial score (nSPS) is 21.3. The molecule has 1 heterocycles. The zero-order valence-corrected chi connectivity index (χ0v) is 9.67. The van der Waals surface area contributed by atoms with Gasteiger partial charge in [-0.2, -0.15) is 0 Å². The molecular formula is C12H10N2O5. The van der Waals surface area contributed by atoms with E-state index in [0.717, 1.165) is 0 Å². The Labute approximate surface area is 106 Å². The smallest absolute Gasteiger partial charge is 0.417 e. The van der Waals surface area contributed by atoms with Crippen LogP contribution in [0.2, 0.25) is 0 Å². The van der Waals surface area contributed by atoms with Crippen molar-refractivity contribution in [3.8, 4) is 0 Å². The number of aromatic amines is 1. The number of carbonyl (C=O) groups is 2. The van der Waals surface area contributed by atoms with Gasteiger partial charge in [0.1, 0.15) is 0 Å². The second-order valence-electron chi connectivity index (χ2n) is 4.50. The summed E-state index contributed by atoms with van der Waals surface area (Å²) in [5.74, 6) is -2.90. The van der Waals surface area contributed by atoms with Crippen molar-refractivity contribution >= 4 is 28.7 Å². The molecule has 2 aromatic rings. The Morgan fingerprint density at radius 2 is 2.16 bits per heavy atom. The van der Waals surface area contributed by atoms with Crippen LogP contribution >= 0.6 is 0 Å². The fraction of sp³-hybridized carbons (Fsp3) is 0.250. The van der Waals surface area contributed by atoms with Gasteiger partial charge in [-0.3, -0.25) is 14.6 Å². The van der Waals surface area contributed by atoms with Crippen LogP contribution in [0.15, 0.2) is 27.4 Å². The maximum absolute atomic E-state index is 11.8. The summed E-state index contributed by atoms with van der Waals surface area (Å²) in [6, 6.07) is 4.72. The van der Waals surface area contributed by atoms with Crippen LogP contribution in [0.1, 0.15) is 6.42 Å². The minimum atomic E-state index is -0.949. The van der Waals surface area contributed by atoms with Crippen molar-refractivity contribution in [1.82, 2.24) is 4.98 Å². The van der Waals surface area contributed by atoms with Crippen molar-refractivity contribution in [2.45, 2.75) is 6.42 Å². The summed E-state index contributed by atoms with van der Waals surface area (Å²) in [5, 5.41) is 11.4. The zero-order chi connectivity index (χ0) is 13.6. The van der Waals surface area contributed by atoms with E-state index in [1.807, 2.05) is 0 Å². The van der Waals surface area contributed by atoms with Gasteiger partial charge in [0.25, 0.3) is 0 Å². The summed E-state index contributed by atoms with van der Waals surface area (Å²) in [6.07, 6.45) is 0.367. The predicted octanol–water partition coefficient (Wildman–Crippen LogP) is 0.780. The van der Waals surface area contributed by atoms with Gasteiger partial charge in [0, 0.05) is 5.69 Å². The second-order valence-corrected chi connectivity index (χ2v) is 4.50. The first-order valence-electron chi connectivity index (χ1n) is 5.71. The van der Waals surface area contributed by atoms with Crippen LogP contribution in [0.25, 0.3) is 11.1 Å². The molecule has 1 aliphatic rings. The molecule has 1 fully saturated rings. The van der Waals surface area contributed by atoms with E-state index in [1.54, 1.807) is 18.2 Å². The van der Waals surface area contributed by atoms with Gasteiger partial charge in [-0.15, -0.1) is 0 Å². The first-order chi connectivity index (χ1) is 9.04. The molecule has 2 atom stereocenters. The van der Waals surface area contributed by atoms with Crippen LogP contribution < -0.4 is 11.1 Å². The Morgan fingerprint density at radius 3 is 2.84 bits per heavy atom. The molecule has 0 aliphatic heterocycles. The van der Waals surface area contributed by atoms with Crippen molar-refractivity contribution in [2.75, 3.05) is 5.32 Å². The molecule has 1 aromatic carbocycles. The highest BCUT2D eigenvalue weighted by atomic mass is 16.4. The van der Waals surface area contributed by atoms with Gasteiger partial charge in [0.15, 0.2) is 5.58 Å². The molecule has 0 radical (unpaired) electrons. The first kappa shape index (κ1) is 11.5. The van der Waals surface area contributed by atoms with Gasteiger partial charge in [0.2, 0.25) is 5.91 Å². The van der Waals surface area contributed by atoms with Crippen molar-refractivity contribution in [3.05, 3.63) is 28.7 Å². The molecule has 0 saturated heterocycles. The summed E-state index contributed by atoms with van der Waals surface area (Å²) in [6.45, 7) is 0. The molecule has 98 valence electrons. The summed E-state index contributed by atoms with van der Waals surface area (Å²) >= 11 is 0. The number of hydrogen-bond acceptors (Lipinski definition) is 4. The third kappa shape index (κ3) is 2.10. The number of benzene rings is 1.